The lowest BCUT2D eigenvalue weighted by atomic mass is 9.78. The third-order valence-corrected chi connectivity index (χ3v) is 4.54. The number of aryl methyl sites for hydroxylation is 1. The zero-order valence-corrected chi connectivity index (χ0v) is 13.1. The summed E-state index contributed by atoms with van der Waals surface area (Å²) in [7, 11) is 2.10. The van der Waals surface area contributed by atoms with E-state index in [0.29, 0.717) is 5.78 Å². The SMILES string of the molecule is CCCC1CCC(=O)C(CN(C)c2ccc(C)cc2)C1. The fourth-order valence-corrected chi connectivity index (χ4v) is 3.28. The smallest absolute Gasteiger partial charge is 0.137 e. The number of benzene rings is 1. The molecule has 0 heterocycles. The van der Waals surface area contributed by atoms with Crippen molar-refractivity contribution in [3.63, 3.8) is 0 Å². The third kappa shape index (κ3) is 3.84. The maximum absolute atomic E-state index is 12.1. The fourth-order valence-electron chi connectivity index (χ4n) is 3.28. The van der Waals surface area contributed by atoms with Gasteiger partial charge in [0.1, 0.15) is 5.78 Å². The molecule has 1 aromatic rings. The number of nitrogens with zero attached hydrogens (tertiary/aromatic N) is 1. The molecular weight excluding hydrogens is 246 g/mol. The number of hydrogen-bond donors (Lipinski definition) is 0. The maximum atomic E-state index is 12.1. The minimum Gasteiger partial charge on any atom is -0.374 e. The molecule has 1 aliphatic rings. The van der Waals surface area contributed by atoms with Crippen LogP contribution in [0.2, 0.25) is 0 Å². The van der Waals surface area contributed by atoms with Crippen LogP contribution in [-0.2, 0) is 4.79 Å². The Morgan fingerprint density at radius 2 is 1.95 bits per heavy atom. The van der Waals surface area contributed by atoms with E-state index in [4.69, 9.17) is 0 Å². The largest absolute Gasteiger partial charge is 0.374 e. The molecule has 1 aliphatic carbocycles. The van der Waals surface area contributed by atoms with Crippen molar-refractivity contribution in [2.75, 3.05) is 18.5 Å². The summed E-state index contributed by atoms with van der Waals surface area (Å²) in [5.74, 6) is 1.46. The van der Waals surface area contributed by atoms with Gasteiger partial charge in [-0.05, 0) is 37.8 Å². The monoisotopic (exact) mass is 273 g/mol. The van der Waals surface area contributed by atoms with E-state index in [2.05, 4.69) is 50.1 Å². The van der Waals surface area contributed by atoms with Gasteiger partial charge in [-0.2, -0.15) is 0 Å². The highest BCUT2D eigenvalue weighted by atomic mass is 16.1. The van der Waals surface area contributed by atoms with Crippen molar-refractivity contribution in [3.05, 3.63) is 29.8 Å². The van der Waals surface area contributed by atoms with E-state index in [-0.39, 0.29) is 5.92 Å². The first-order valence-electron chi connectivity index (χ1n) is 7.90. The van der Waals surface area contributed by atoms with Gasteiger partial charge in [0.15, 0.2) is 0 Å². The fraction of sp³-hybridized carbons (Fsp3) is 0.611. The third-order valence-electron chi connectivity index (χ3n) is 4.54. The van der Waals surface area contributed by atoms with E-state index >= 15 is 0 Å². The molecule has 0 aromatic heterocycles. The molecule has 0 N–H and O–H groups in total. The Balaban J connectivity index is 1.96. The van der Waals surface area contributed by atoms with Crippen molar-refractivity contribution in [3.8, 4) is 0 Å². The van der Waals surface area contributed by atoms with Crippen LogP contribution in [0.15, 0.2) is 24.3 Å². The highest BCUT2D eigenvalue weighted by molar-refractivity contribution is 5.82. The first kappa shape index (κ1) is 15.1. The summed E-state index contributed by atoms with van der Waals surface area (Å²) < 4.78 is 0. The topological polar surface area (TPSA) is 20.3 Å². The molecule has 0 radical (unpaired) electrons. The second-order valence-corrected chi connectivity index (χ2v) is 6.31. The number of rotatable bonds is 5. The number of anilines is 1. The van der Waals surface area contributed by atoms with Gasteiger partial charge in [-0.15, -0.1) is 0 Å². The predicted octanol–water partition coefficient (Wildman–Crippen LogP) is 4.22. The van der Waals surface area contributed by atoms with Gasteiger partial charge in [0.05, 0.1) is 0 Å². The summed E-state index contributed by atoms with van der Waals surface area (Å²) in [6.07, 6.45) is 5.49. The van der Waals surface area contributed by atoms with Crippen molar-refractivity contribution in [2.24, 2.45) is 11.8 Å². The molecule has 0 amide bonds. The van der Waals surface area contributed by atoms with Crippen LogP contribution in [0.3, 0.4) is 0 Å². The zero-order chi connectivity index (χ0) is 14.5. The number of hydrogen-bond acceptors (Lipinski definition) is 2. The van der Waals surface area contributed by atoms with Crippen LogP contribution in [-0.4, -0.2) is 19.4 Å². The molecule has 0 bridgehead atoms. The van der Waals surface area contributed by atoms with E-state index in [1.165, 1.54) is 24.1 Å². The van der Waals surface area contributed by atoms with E-state index in [0.717, 1.165) is 31.7 Å². The van der Waals surface area contributed by atoms with Crippen LogP contribution in [0.25, 0.3) is 0 Å². The first-order valence-corrected chi connectivity index (χ1v) is 7.90. The van der Waals surface area contributed by atoms with Crippen molar-refractivity contribution < 1.29 is 4.79 Å². The summed E-state index contributed by atoms with van der Waals surface area (Å²) in [5, 5.41) is 0. The van der Waals surface area contributed by atoms with Gasteiger partial charge in [-0.1, -0.05) is 37.5 Å². The quantitative estimate of drug-likeness (QED) is 0.800. The van der Waals surface area contributed by atoms with Gasteiger partial charge in [-0.25, -0.2) is 0 Å². The molecule has 2 heteroatoms. The Morgan fingerprint density at radius 1 is 1.25 bits per heavy atom. The Morgan fingerprint density at radius 3 is 2.60 bits per heavy atom. The molecule has 0 spiro atoms. The van der Waals surface area contributed by atoms with Crippen LogP contribution in [0.4, 0.5) is 5.69 Å². The van der Waals surface area contributed by atoms with Gasteiger partial charge in [0.2, 0.25) is 0 Å². The summed E-state index contributed by atoms with van der Waals surface area (Å²) in [5.41, 5.74) is 2.49. The summed E-state index contributed by atoms with van der Waals surface area (Å²) >= 11 is 0. The maximum Gasteiger partial charge on any atom is 0.137 e. The average Bonchev–Trinajstić information content (AvgIpc) is 2.43. The van der Waals surface area contributed by atoms with Crippen LogP contribution in [0.1, 0.15) is 44.6 Å². The van der Waals surface area contributed by atoms with Crippen LogP contribution in [0.5, 0.6) is 0 Å². The Bertz CT molecular complexity index is 437. The van der Waals surface area contributed by atoms with Gasteiger partial charge >= 0.3 is 0 Å². The van der Waals surface area contributed by atoms with E-state index in [1.807, 2.05) is 0 Å². The number of Topliss-reactive ketones (excluding diaryl/α,β-unsaturated/α-hetero) is 1. The normalized spacial score (nSPS) is 22.9. The second kappa shape index (κ2) is 6.92. The summed E-state index contributed by atoms with van der Waals surface area (Å²) in [6, 6.07) is 8.56. The Labute approximate surface area is 123 Å². The van der Waals surface area contributed by atoms with Gasteiger partial charge in [0.25, 0.3) is 0 Å². The van der Waals surface area contributed by atoms with Crippen molar-refractivity contribution in [1.82, 2.24) is 0 Å². The van der Waals surface area contributed by atoms with Crippen LogP contribution in [0, 0.1) is 18.8 Å². The molecule has 1 saturated carbocycles. The molecule has 1 aromatic carbocycles. The second-order valence-electron chi connectivity index (χ2n) is 6.31. The molecule has 2 unspecified atom stereocenters. The standard InChI is InChI=1S/C18H27NO/c1-4-5-15-8-11-18(20)16(12-15)13-19(3)17-9-6-14(2)7-10-17/h6-7,9-10,15-16H,4-5,8,11-13H2,1-3H3. The van der Waals surface area contributed by atoms with Crippen molar-refractivity contribution in [2.45, 2.75) is 46.0 Å². The van der Waals surface area contributed by atoms with Crippen molar-refractivity contribution in [1.29, 1.82) is 0 Å². The molecule has 1 fully saturated rings. The summed E-state index contributed by atoms with van der Waals surface area (Å²) in [6.45, 7) is 5.20. The predicted molar refractivity (Wildman–Crippen MR) is 85.2 cm³/mol. The Hall–Kier alpha value is -1.31. The lowest BCUT2D eigenvalue weighted by Gasteiger charge is -2.31. The summed E-state index contributed by atoms with van der Waals surface area (Å²) in [4.78, 5) is 14.4. The molecule has 2 atom stereocenters. The molecule has 0 saturated heterocycles. The highest BCUT2D eigenvalue weighted by Crippen LogP contribution is 2.30. The average molecular weight is 273 g/mol. The minimum atomic E-state index is 0.228. The van der Waals surface area contributed by atoms with Gasteiger partial charge in [-0.3, -0.25) is 4.79 Å². The Kier molecular flexibility index (Phi) is 5.22. The number of carbonyl (C=O) groups is 1. The molecular formula is C18H27NO. The van der Waals surface area contributed by atoms with Crippen LogP contribution < -0.4 is 4.90 Å². The van der Waals surface area contributed by atoms with E-state index in [1.54, 1.807) is 0 Å². The molecule has 20 heavy (non-hydrogen) atoms. The number of ketones is 1. The van der Waals surface area contributed by atoms with Crippen molar-refractivity contribution >= 4 is 11.5 Å². The first-order chi connectivity index (χ1) is 9.60. The van der Waals surface area contributed by atoms with Crippen LogP contribution >= 0.6 is 0 Å². The minimum absolute atomic E-state index is 0.228. The van der Waals surface area contributed by atoms with Gasteiger partial charge < -0.3 is 4.90 Å². The van der Waals surface area contributed by atoms with E-state index in [9.17, 15) is 4.79 Å². The molecule has 2 nitrogen and oxygen atoms in total. The zero-order valence-electron chi connectivity index (χ0n) is 13.1. The van der Waals surface area contributed by atoms with E-state index < -0.39 is 0 Å². The highest BCUT2D eigenvalue weighted by Gasteiger charge is 2.29. The molecule has 110 valence electrons. The molecule has 2 rings (SSSR count). The number of carbonyl (C=O) groups excluding carboxylic acids is 1. The lowest BCUT2D eigenvalue weighted by molar-refractivity contribution is -0.125. The molecule has 0 aliphatic heterocycles. The van der Waals surface area contributed by atoms with Gasteiger partial charge in [0, 0.05) is 31.6 Å². The lowest BCUT2D eigenvalue weighted by Crippen LogP contribution is -2.34.